The van der Waals surface area contributed by atoms with Gasteiger partial charge in [0.05, 0.1) is 11.4 Å². The lowest BCUT2D eigenvalue weighted by atomic mass is 10.2. The normalized spacial score (nSPS) is 10.3. The maximum atomic E-state index is 12.9. The number of rotatable bonds is 7. The molecule has 6 heteroatoms. The van der Waals surface area contributed by atoms with Gasteiger partial charge in [0.25, 0.3) is 0 Å². The molecule has 0 atom stereocenters. The average Bonchev–Trinajstić information content (AvgIpc) is 2.34. The van der Waals surface area contributed by atoms with E-state index in [0.29, 0.717) is 18.0 Å². The molecule has 0 aromatic heterocycles. The van der Waals surface area contributed by atoms with E-state index in [1.165, 1.54) is 30.0 Å². The van der Waals surface area contributed by atoms with Crippen LogP contribution in [0.3, 0.4) is 0 Å². The standard InChI is InChI=1S/C12H17FN2O2S/c1-17-5-2-6-18-8-12(16)15-9-3-4-10(13)11(14)7-9/h3-4,7H,2,5-6,8,14H2,1H3,(H,15,16). The largest absolute Gasteiger partial charge is 0.396 e. The maximum absolute atomic E-state index is 12.9. The summed E-state index contributed by atoms with van der Waals surface area (Å²) < 4.78 is 17.8. The van der Waals surface area contributed by atoms with Crippen molar-refractivity contribution in [3.8, 4) is 0 Å². The molecule has 100 valence electrons. The summed E-state index contributed by atoms with van der Waals surface area (Å²) >= 11 is 1.53. The Labute approximate surface area is 110 Å². The highest BCUT2D eigenvalue weighted by Crippen LogP contribution is 2.16. The van der Waals surface area contributed by atoms with Gasteiger partial charge >= 0.3 is 0 Å². The summed E-state index contributed by atoms with van der Waals surface area (Å²) in [5, 5.41) is 2.66. The third-order valence-corrected chi connectivity index (χ3v) is 3.19. The smallest absolute Gasteiger partial charge is 0.234 e. The van der Waals surface area contributed by atoms with E-state index < -0.39 is 5.82 Å². The van der Waals surface area contributed by atoms with Crippen molar-refractivity contribution in [2.24, 2.45) is 0 Å². The minimum Gasteiger partial charge on any atom is -0.396 e. The quantitative estimate of drug-likeness (QED) is 0.589. The number of nitrogens with two attached hydrogens (primary N) is 1. The number of halogens is 1. The zero-order valence-corrected chi connectivity index (χ0v) is 11.1. The van der Waals surface area contributed by atoms with E-state index in [0.717, 1.165) is 12.2 Å². The molecule has 1 aromatic carbocycles. The Balaban J connectivity index is 2.29. The van der Waals surface area contributed by atoms with Gasteiger partial charge in [0, 0.05) is 19.4 Å². The van der Waals surface area contributed by atoms with E-state index in [4.69, 9.17) is 10.5 Å². The van der Waals surface area contributed by atoms with Gasteiger partial charge in [-0.3, -0.25) is 4.79 Å². The van der Waals surface area contributed by atoms with Gasteiger partial charge in [-0.15, -0.1) is 0 Å². The van der Waals surface area contributed by atoms with Gasteiger partial charge in [-0.2, -0.15) is 11.8 Å². The van der Waals surface area contributed by atoms with E-state index in [-0.39, 0.29) is 11.6 Å². The van der Waals surface area contributed by atoms with Crippen LogP contribution in [0, 0.1) is 5.82 Å². The van der Waals surface area contributed by atoms with Crippen molar-refractivity contribution < 1.29 is 13.9 Å². The van der Waals surface area contributed by atoms with E-state index in [9.17, 15) is 9.18 Å². The van der Waals surface area contributed by atoms with Gasteiger partial charge in [0.1, 0.15) is 5.82 Å². The van der Waals surface area contributed by atoms with Crippen molar-refractivity contribution in [2.75, 3.05) is 36.3 Å². The molecule has 0 bridgehead atoms. The summed E-state index contributed by atoms with van der Waals surface area (Å²) in [6.45, 7) is 0.698. The van der Waals surface area contributed by atoms with E-state index in [1.54, 1.807) is 7.11 Å². The number of methoxy groups -OCH3 is 1. The number of nitrogen functional groups attached to an aromatic ring is 1. The van der Waals surface area contributed by atoms with Gasteiger partial charge in [-0.25, -0.2) is 4.39 Å². The average molecular weight is 272 g/mol. The number of ether oxygens (including phenoxy) is 1. The molecule has 0 spiro atoms. The second-order valence-electron chi connectivity index (χ2n) is 3.68. The SMILES string of the molecule is COCCCSCC(=O)Nc1ccc(F)c(N)c1. The lowest BCUT2D eigenvalue weighted by molar-refractivity contribution is -0.113. The van der Waals surface area contributed by atoms with Crippen LogP contribution in [0.15, 0.2) is 18.2 Å². The summed E-state index contributed by atoms with van der Waals surface area (Å²) in [4.78, 5) is 11.5. The van der Waals surface area contributed by atoms with Crippen molar-refractivity contribution in [2.45, 2.75) is 6.42 Å². The number of hydrogen-bond donors (Lipinski definition) is 2. The fraction of sp³-hybridized carbons (Fsp3) is 0.417. The number of hydrogen-bond acceptors (Lipinski definition) is 4. The van der Waals surface area contributed by atoms with Crippen LogP contribution in [0.25, 0.3) is 0 Å². The molecule has 4 nitrogen and oxygen atoms in total. The number of benzene rings is 1. The third-order valence-electron chi connectivity index (χ3n) is 2.15. The zero-order chi connectivity index (χ0) is 13.4. The Hall–Kier alpha value is -1.27. The molecule has 1 amide bonds. The first-order valence-electron chi connectivity index (χ1n) is 5.55. The van der Waals surface area contributed by atoms with Gasteiger partial charge < -0.3 is 15.8 Å². The molecule has 18 heavy (non-hydrogen) atoms. The predicted octanol–water partition coefficient (Wildman–Crippen LogP) is 2.12. The molecule has 0 saturated heterocycles. The highest BCUT2D eigenvalue weighted by molar-refractivity contribution is 7.99. The van der Waals surface area contributed by atoms with Crippen LogP contribution in [0.2, 0.25) is 0 Å². The minimum absolute atomic E-state index is 0.0283. The van der Waals surface area contributed by atoms with Crippen molar-refractivity contribution in [3.05, 3.63) is 24.0 Å². The van der Waals surface area contributed by atoms with Crippen LogP contribution in [-0.2, 0) is 9.53 Å². The molecule has 0 aliphatic heterocycles. The summed E-state index contributed by atoms with van der Waals surface area (Å²) in [5.74, 6) is 0.624. The lowest BCUT2D eigenvalue weighted by Crippen LogP contribution is -2.14. The van der Waals surface area contributed by atoms with Crippen LogP contribution in [-0.4, -0.2) is 31.1 Å². The van der Waals surface area contributed by atoms with Crippen LogP contribution >= 0.6 is 11.8 Å². The Bertz CT molecular complexity index is 402. The van der Waals surface area contributed by atoms with Gasteiger partial charge in [-0.05, 0) is 30.4 Å². The van der Waals surface area contributed by atoms with Crippen molar-refractivity contribution in [1.82, 2.24) is 0 Å². The number of thioether (sulfide) groups is 1. The number of nitrogens with one attached hydrogen (secondary N) is 1. The molecule has 0 aliphatic carbocycles. The van der Waals surface area contributed by atoms with Crippen LogP contribution in [0.1, 0.15) is 6.42 Å². The second-order valence-corrected chi connectivity index (χ2v) is 4.79. The van der Waals surface area contributed by atoms with Crippen LogP contribution in [0.4, 0.5) is 15.8 Å². The summed E-state index contributed by atoms with van der Waals surface area (Å²) in [6.07, 6.45) is 0.915. The first-order valence-corrected chi connectivity index (χ1v) is 6.70. The highest BCUT2D eigenvalue weighted by Gasteiger charge is 2.04. The molecule has 0 heterocycles. The van der Waals surface area contributed by atoms with Crippen molar-refractivity contribution in [1.29, 1.82) is 0 Å². The molecular formula is C12H17FN2O2S. The lowest BCUT2D eigenvalue weighted by Gasteiger charge is -2.06. The Morgan fingerprint density at radius 2 is 2.33 bits per heavy atom. The topological polar surface area (TPSA) is 64.3 Å². The third kappa shape index (κ3) is 5.37. The summed E-state index contributed by atoms with van der Waals surface area (Å²) in [7, 11) is 1.65. The molecule has 0 radical (unpaired) electrons. The predicted molar refractivity (Wildman–Crippen MR) is 73.3 cm³/mol. The minimum atomic E-state index is -0.484. The molecular weight excluding hydrogens is 255 g/mol. The molecule has 0 aliphatic rings. The first-order chi connectivity index (χ1) is 8.63. The monoisotopic (exact) mass is 272 g/mol. The first kappa shape index (κ1) is 14.8. The number of anilines is 2. The Morgan fingerprint density at radius 3 is 3.00 bits per heavy atom. The van der Waals surface area contributed by atoms with Gasteiger partial charge in [-0.1, -0.05) is 0 Å². The fourth-order valence-corrected chi connectivity index (χ4v) is 2.01. The van der Waals surface area contributed by atoms with Crippen molar-refractivity contribution in [3.63, 3.8) is 0 Å². The van der Waals surface area contributed by atoms with Gasteiger partial charge in [0.15, 0.2) is 0 Å². The molecule has 3 N–H and O–H groups in total. The number of amides is 1. The number of carbonyl (C=O) groups is 1. The van der Waals surface area contributed by atoms with E-state index in [2.05, 4.69) is 5.32 Å². The summed E-state index contributed by atoms with van der Waals surface area (Å²) in [5.41, 5.74) is 5.94. The van der Waals surface area contributed by atoms with Crippen molar-refractivity contribution >= 4 is 29.0 Å². The molecule has 0 fully saturated rings. The molecule has 0 saturated carbocycles. The second kappa shape index (κ2) is 7.94. The molecule has 0 unspecified atom stereocenters. The zero-order valence-electron chi connectivity index (χ0n) is 10.2. The Morgan fingerprint density at radius 1 is 1.56 bits per heavy atom. The van der Waals surface area contributed by atoms with Crippen LogP contribution < -0.4 is 11.1 Å². The molecule has 1 aromatic rings. The van der Waals surface area contributed by atoms with E-state index in [1.807, 2.05) is 0 Å². The van der Waals surface area contributed by atoms with Gasteiger partial charge in [0.2, 0.25) is 5.91 Å². The highest BCUT2D eigenvalue weighted by atomic mass is 32.2. The van der Waals surface area contributed by atoms with E-state index >= 15 is 0 Å². The fourth-order valence-electron chi connectivity index (χ4n) is 1.29. The van der Waals surface area contributed by atoms with Crippen LogP contribution in [0.5, 0.6) is 0 Å². The maximum Gasteiger partial charge on any atom is 0.234 e. The summed E-state index contributed by atoms with van der Waals surface area (Å²) in [6, 6.07) is 4.12. The molecule has 1 rings (SSSR count). The number of carbonyl (C=O) groups excluding carboxylic acids is 1. The Kier molecular flexibility index (Phi) is 6.53.